The van der Waals surface area contributed by atoms with Gasteiger partial charge >= 0.3 is 0 Å². The number of hydrogen-bond donors (Lipinski definition) is 2. The molecule has 3 rings (SSSR count). The maximum Gasteiger partial charge on any atom is 0.217 e. The molecule has 1 amide bonds. The van der Waals surface area contributed by atoms with Gasteiger partial charge in [-0.25, -0.2) is 0 Å². The Hall–Kier alpha value is -1.79. The van der Waals surface area contributed by atoms with Gasteiger partial charge in [0, 0.05) is 44.2 Å². The normalized spacial score (nSPS) is 26.4. The van der Waals surface area contributed by atoms with Gasteiger partial charge < -0.3 is 16.0 Å². The fourth-order valence-corrected chi connectivity index (χ4v) is 5.15. The highest BCUT2D eigenvalue weighted by Gasteiger charge is 2.31. The molecule has 6 nitrogen and oxygen atoms in total. The molecule has 0 spiro atoms. The van der Waals surface area contributed by atoms with E-state index in [1.54, 1.807) is 0 Å². The van der Waals surface area contributed by atoms with E-state index in [4.69, 9.17) is 17.3 Å². The summed E-state index contributed by atoms with van der Waals surface area (Å²) in [6.45, 7) is 3.77. The Kier molecular flexibility index (Phi) is 7.78. The van der Waals surface area contributed by atoms with E-state index in [-0.39, 0.29) is 5.91 Å². The summed E-state index contributed by atoms with van der Waals surface area (Å²) in [5.41, 5.74) is 6.69. The monoisotopic (exact) mass is 419 g/mol. The lowest BCUT2D eigenvalue weighted by Gasteiger charge is -2.41. The van der Waals surface area contributed by atoms with E-state index in [1.807, 2.05) is 19.2 Å². The molecule has 0 radical (unpaired) electrons. The third-order valence-electron chi connectivity index (χ3n) is 6.24. The number of halogens is 1. The third-order valence-corrected chi connectivity index (χ3v) is 6.47. The van der Waals surface area contributed by atoms with Crippen molar-refractivity contribution in [3.63, 3.8) is 0 Å². The average Bonchev–Trinajstić information content (AvgIpc) is 2.68. The van der Waals surface area contributed by atoms with Gasteiger partial charge in [0.2, 0.25) is 5.91 Å². The number of nitrogens with one attached hydrogen (secondary N) is 1. The van der Waals surface area contributed by atoms with Gasteiger partial charge in [-0.2, -0.15) is 0 Å². The maximum atomic E-state index is 11.3. The zero-order valence-electron chi connectivity index (χ0n) is 17.6. The van der Waals surface area contributed by atoms with Gasteiger partial charge in [-0.1, -0.05) is 23.7 Å². The van der Waals surface area contributed by atoms with Crippen molar-refractivity contribution in [1.29, 1.82) is 0 Å². The average molecular weight is 420 g/mol. The standard InChI is InChI=1S/C22H34ClN5O/c1-25-22(28-11-4-6-16(15-28)12-20(24)29)26-14-18-8-5-10-27(2)21(18)17-7-3-9-19(23)13-17/h3,7,9,13,16,18,21H,4-6,8,10-12,14-15H2,1-2H3,(H2,24,29)(H,25,26). The lowest BCUT2D eigenvalue weighted by Crippen LogP contribution is -2.49. The van der Waals surface area contributed by atoms with E-state index in [2.05, 4.69) is 39.3 Å². The van der Waals surface area contributed by atoms with Crippen LogP contribution in [0.2, 0.25) is 5.02 Å². The molecule has 2 fully saturated rings. The molecule has 160 valence electrons. The van der Waals surface area contributed by atoms with Gasteiger partial charge in [-0.05, 0) is 68.8 Å². The van der Waals surface area contributed by atoms with Crippen LogP contribution in [0, 0.1) is 11.8 Å². The number of likely N-dealkylation sites (tertiary alicyclic amines) is 2. The number of hydrogen-bond acceptors (Lipinski definition) is 3. The number of carbonyl (C=O) groups excluding carboxylic acids is 1. The highest BCUT2D eigenvalue weighted by atomic mass is 35.5. The molecule has 2 aliphatic heterocycles. The first-order valence-corrected chi connectivity index (χ1v) is 11.0. The largest absolute Gasteiger partial charge is 0.370 e. The zero-order chi connectivity index (χ0) is 20.8. The molecular weight excluding hydrogens is 386 g/mol. The number of amides is 1. The van der Waals surface area contributed by atoms with Crippen LogP contribution in [0.15, 0.2) is 29.3 Å². The number of piperidine rings is 2. The number of rotatable bonds is 5. The molecule has 3 atom stereocenters. The van der Waals surface area contributed by atoms with Crippen LogP contribution in [0.25, 0.3) is 0 Å². The molecule has 29 heavy (non-hydrogen) atoms. The molecule has 0 saturated carbocycles. The third kappa shape index (κ3) is 5.86. The van der Waals surface area contributed by atoms with Gasteiger partial charge in [0.15, 0.2) is 5.96 Å². The minimum absolute atomic E-state index is 0.214. The van der Waals surface area contributed by atoms with Crippen LogP contribution in [0.1, 0.15) is 43.7 Å². The van der Waals surface area contributed by atoms with Crippen molar-refractivity contribution in [2.75, 3.05) is 40.3 Å². The van der Waals surface area contributed by atoms with E-state index in [9.17, 15) is 4.79 Å². The van der Waals surface area contributed by atoms with Gasteiger partial charge in [0.1, 0.15) is 0 Å². The Morgan fingerprint density at radius 1 is 1.31 bits per heavy atom. The lowest BCUT2D eigenvalue weighted by molar-refractivity contribution is -0.119. The topological polar surface area (TPSA) is 74.0 Å². The minimum Gasteiger partial charge on any atom is -0.370 e. The van der Waals surface area contributed by atoms with Crippen molar-refractivity contribution in [2.45, 2.75) is 38.1 Å². The van der Waals surface area contributed by atoms with Crippen molar-refractivity contribution in [2.24, 2.45) is 22.6 Å². The molecule has 0 aromatic heterocycles. The van der Waals surface area contributed by atoms with Crippen molar-refractivity contribution < 1.29 is 4.79 Å². The van der Waals surface area contributed by atoms with E-state index in [1.165, 1.54) is 18.4 Å². The van der Waals surface area contributed by atoms with Gasteiger partial charge in [-0.15, -0.1) is 0 Å². The number of aliphatic imine (C=N–C) groups is 1. The van der Waals surface area contributed by atoms with Gasteiger partial charge in [0.25, 0.3) is 0 Å². The molecule has 0 bridgehead atoms. The zero-order valence-corrected chi connectivity index (χ0v) is 18.4. The lowest BCUT2D eigenvalue weighted by atomic mass is 9.85. The molecule has 0 aliphatic carbocycles. The van der Waals surface area contributed by atoms with Crippen LogP contribution >= 0.6 is 11.6 Å². The van der Waals surface area contributed by atoms with E-state index >= 15 is 0 Å². The summed E-state index contributed by atoms with van der Waals surface area (Å²) in [5.74, 6) is 1.52. The molecule has 2 saturated heterocycles. The Morgan fingerprint density at radius 3 is 2.83 bits per heavy atom. The summed E-state index contributed by atoms with van der Waals surface area (Å²) < 4.78 is 0. The number of primary amides is 1. The minimum atomic E-state index is -0.214. The smallest absolute Gasteiger partial charge is 0.217 e. The van der Waals surface area contributed by atoms with Gasteiger partial charge in [0.05, 0.1) is 0 Å². The Bertz CT molecular complexity index is 725. The highest BCUT2D eigenvalue weighted by Crippen LogP contribution is 2.35. The predicted molar refractivity (Wildman–Crippen MR) is 119 cm³/mol. The molecule has 1 aromatic rings. The van der Waals surface area contributed by atoms with Crippen LogP contribution < -0.4 is 11.1 Å². The van der Waals surface area contributed by atoms with Crippen molar-refractivity contribution >= 4 is 23.5 Å². The molecule has 7 heteroatoms. The fourth-order valence-electron chi connectivity index (χ4n) is 4.95. The van der Waals surface area contributed by atoms with Gasteiger partial charge in [-0.3, -0.25) is 14.7 Å². The molecule has 2 aliphatic rings. The first kappa shape index (κ1) is 21.9. The van der Waals surface area contributed by atoms with E-state index < -0.39 is 0 Å². The number of nitrogens with zero attached hydrogens (tertiary/aromatic N) is 3. The molecular formula is C22H34ClN5O. The van der Waals surface area contributed by atoms with Crippen LogP contribution in [0.4, 0.5) is 0 Å². The van der Waals surface area contributed by atoms with Crippen LogP contribution in [0.5, 0.6) is 0 Å². The maximum absolute atomic E-state index is 11.3. The van der Waals surface area contributed by atoms with Crippen molar-refractivity contribution in [3.05, 3.63) is 34.9 Å². The van der Waals surface area contributed by atoms with Crippen LogP contribution in [0.3, 0.4) is 0 Å². The Balaban J connectivity index is 1.65. The summed E-state index contributed by atoms with van der Waals surface area (Å²) in [5, 5.41) is 4.41. The van der Waals surface area contributed by atoms with Crippen molar-refractivity contribution in [3.8, 4) is 0 Å². The first-order chi connectivity index (χ1) is 14.0. The van der Waals surface area contributed by atoms with E-state index in [0.717, 1.165) is 50.0 Å². The molecule has 3 unspecified atom stereocenters. The fraction of sp³-hybridized carbons (Fsp3) is 0.636. The predicted octanol–water partition coefficient (Wildman–Crippen LogP) is 2.89. The second kappa shape index (κ2) is 10.3. The number of nitrogens with two attached hydrogens (primary N) is 1. The quantitative estimate of drug-likeness (QED) is 0.568. The highest BCUT2D eigenvalue weighted by molar-refractivity contribution is 6.30. The summed E-state index contributed by atoms with van der Waals surface area (Å²) in [7, 11) is 4.03. The SMILES string of the molecule is CN=C(NCC1CCCN(C)C1c1cccc(Cl)c1)N1CCCC(CC(N)=O)C1. The number of benzene rings is 1. The second-order valence-electron chi connectivity index (χ2n) is 8.44. The summed E-state index contributed by atoms with van der Waals surface area (Å²) >= 11 is 6.27. The molecule has 2 heterocycles. The summed E-state index contributed by atoms with van der Waals surface area (Å²) in [6.07, 6.45) is 4.95. The van der Waals surface area contributed by atoms with Crippen molar-refractivity contribution in [1.82, 2.24) is 15.1 Å². The van der Waals surface area contributed by atoms with E-state index in [0.29, 0.717) is 24.3 Å². The number of carbonyl (C=O) groups is 1. The molecule has 3 N–H and O–H groups in total. The number of guanidine groups is 1. The summed E-state index contributed by atoms with van der Waals surface area (Å²) in [6, 6.07) is 8.59. The second-order valence-corrected chi connectivity index (χ2v) is 8.87. The summed E-state index contributed by atoms with van der Waals surface area (Å²) in [4.78, 5) is 20.6. The first-order valence-electron chi connectivity index (χ1n) is 10.7. The Labute approximate surface area is 179 Å². The Morgan fingerprint density at radius 2 is 2.10 bits per heavy atom. The van der Waals surface area contributed by atoms with Crippen LogP contribution in [-0.4, -0.2) is 61.9 Å². The molecule has 1 aromatic carbocycles. The van der Waals surface area contributed by atoms with Crippen LogP contribution in [-0.2, 0) is 4.79 Å².